The molecule has 0 radical (unpaired) electrons. The maximum absolute atomic E-state index is 13.5. The maximum atomic E-state index is 13.5. The van der Waals surface area contributed by atoms with E-state index in [9.17, 15) is 14.7 Å². The number of amides is 1. The fourth-order valence-corrected chi connectivity index (χ4v) is 5.53. The minimum absolute atomic E-state index is 0.0882. The third kappa shape index (κ3) is 3.80. The van der Waals surface area contributed by atoms with Crippen molar-refractivity contribution in [1.29, 1.82) is 0 Å². The fraction of sp³-hybridized carbons (Fsp3) is 0.172. The highest BCUT2D eigenvalue weighted by Gasteiger charge is 2.47. The van der Waals surface area contributed by atoms with Crippen LogP contribution in [0.5, 0.6) is 5.75 Å². The van der Waals surface area contributed by atoms with Crippen LogP contribution >= 0.6 is 11.3 Å². The number of ketones is 1. The zero-order valence-corrected chi connectivity index (χ0v) is 20.5. The van der Waals surface area contributed by atoms with E-state index in [-0.39, 0.29) is 17.3 Å². The molecule has 1 aliphatic heterocycles. The van der Waals surface area contributed by atoms with Crippen LogP contribution in [0.25, 0.3) is 16.5 Å². The summed E-state index contributed by atoms with van der Waals surface area (Å²) in [4.78, 5) is 29.3. The third-order valence-electron chi connectivity index (χ3n) is 6.41. The first kappa shape index (κ1) is 22.9. The molecule has 0 aliphatic carbocycles. The summed E-state index contributed by atoms with van der Waals surface area (Å²) in [5, 5.41) is 15.2. The molecule has 1 atom stereocenters. The number of rotatable bonds is 5. The van der Waals surface area contributed by atoms with Gasteiger partial charge in [-0.2, -0.15) is 0 Å². The molecule has 1 saturated heterocycles. The number of carbonyl (C=O) groups is 2. The molecule has 1 amide bonds. The lowest BCUT2D eigenvalue weighted by molar-refractivity contribution is -0.132. The van der Waals surface area contributed by atoms with Crippen molar-refractivity contribution in [3.63, 3.8) is 0 Å². The molecule has 1 aliphatic rings. The fourth-order valence-electron chi connectivity index (χ4n) is 4.70. The Morgan fingerprint density at radius 1 is 1.00 bits per heavy atom. The van der Waals surface area contributed by atoms with E-state index in [0.717, 1.165) is 21.2 Å². The Bertz CT molecular complexity index is 1460. The number of nitrogens with zero attached hydrogens (tertiary/aromatic N) is 1. The summed E-state index contributed by atoms with van der Waals surface area (Å²) in [5.74, 6) is -0.685. The summed E-state index contributed by atoms with van der Waals surface area (Å²) in [5.41, 5.74) is 2.12. The monoisotopic (exact) mass is 483 g/mol. The van der Waals surface area contributed by atoms with Gasteiger partial charge in [0.1, 0.15) is 17.6 Å². The van der Waals surface area contributed by atoms with Crippen molar-refractivity contribution in [3.05, 3.63) is 99.8 Å². The Labute approximate surface area is 207 Å². The molecular formula is C29H25NO4S. The van der Waals surface area contributed by atoms with Gasteiger partial charge in [0.25, 0.3) is 11.7 Å². The standard InChI is InChI=1S/C29H25NO4S/c1-17(2)21-16-19(13-14-23(21)34-3)27(31)25-26(24-12-7-15-35-24)30(29(33)28(25)32)22-11-6-9-18-8-4-5-10-20(18)22/h4-17,26,31H,1-3H3/b27-25-. The SMILES string of the molecule is COc1ccc(/C(O)=C2/C(=O)C(=O)N(c3cccc4ccccc34)C2c2cccs2)cc1C(C)C. The second-order valence-electron chi connectivity index (χ2n) is 8.79. The summed E-state index contributed by atoms with van der Waals surface area (Å²) >= 11 is 1.45. The number of carbonyl (C=O) groups excluding carboxylic acids is 2. The minimum Gasteiger partial charge on any atom is -0.507 e. The number of fused-ring (bicyclic) bond motifs is 1. The number of thiophene rings is 1. The highest BCUT2D eigenvalue weighted by Crippen LogP contribution is 2.45. The molecular weight excluding hydrogens is 458 g/mol. The minimum atomic E-state index is -0.731. The van der Waals surface area contributed by atoms with Crippen LogP contribution in [0, 0.1) is 0 Å². The maximum Gasteiger partial charge on any atom is 0.300 e. The number of methoxy groups -OCH3 is 1. The van der Waals surface area contributed by atoms with Crippen molar-refractivity contribution in [2.24, 2.45) is 0 Å². The molecule has 6 heteroatoms. The van der Waals surface area contributed by atoms with Gasteiger partial charge in [0.2, 0.25) is 0 Å². The van der Waals surface area contributed by atoms with Crippen molar-refractivity contribution in [2.45, 2.75) is 25.8 Å². The van der Waals surface area contributed by atoms with Crippen molar-refractivity contribution in [2.75, 3.05) is 12.0 Å². The van der Waals surface area contributed by atoms with Crippen LogP contribution in [0.4, 0.5) is 5.69 Å². The van der Waals surface area contributed by atoms with Crippen molar-refractivity contribution < 1.29 is 19.4 Å². The lowest BCUT2D eigenvalue weighted by atomic mass is 9.95. The Hall–Kier alpha value is -3.90. The first-order valence-corrected chi connectivity index (χ1v) is 12.3. The van der Waals surface area contributed by atoms with Crippen LogP contribution < -0.4 is 9.64 Å². The van der Waals surface area contributed by atoms with Crippen LogP contribution in [0.2, 0.25) is 0 Å². The molecule has 0 spiro atoms. The molecule has 5 nitrogen and oxygen atoms in total. The van der Waals surface area contributed by atoms with Gasteiger partial charge in [0.15, 0.2) is 0 Å². The number of anilines is 1. The van der Waals surface area contributed by atoms with E-state index in [1.165, 1.54) is 16.2 Å². The number of hydrogen-bond acceptors (Lipinski definition) is 5. The summed E-state index contributed by atoms with van der Waals surface area (Å²) in [6, 6.07) is 21.8. The summed E-state index contributed by atoms with van der Waals surface area (Å²) in [6.07, 6.45) is 0. The number of benzene rings is 3. The molecule has 1 fully saturated rings. The molecule has 35 heavy (non-hydrogen) atoms. The molecule has 3 aromatic carbocycles. The molecule has 0 bridgehead atoms. The van der Waals surface area contributed by atoms with Crippen molar-refractivity contribution in [1.82, 2.24) is 0 Å². The average molecular weight is 484 g/mol. The Morgan fingerprint density at radius 2 is 1.77 bits per heavy atom. The first-order chi connectivity index (χ1) is 16.9. The number of aliphatic hydroxyl groups is 1. The summed E-state index contributed by atoms with van der Waals surface area (Å²) in [7, 11) is 1.60. The van der Waals surface area contributed by atoms with Gasteiger partial charge in [0.05, 0.1) is 18.4 Å². The molecule has 1 unspecified atom stereocenters. The van der Waals surface area contributed by atoms with Gasteiger partial charge in [-0.25, -0.2) is 0 Å². The lowest BCUT2D eigenvalue weighted by Crippen LogP contribution is -2.29. The van der Waals surface area contributed by atoms with E-state index in [4.69, 9.17) is 4.74 Å². The van der Waals surface area contributed by atoms with Crippen LogP contribution in [0.15, 0.2) is 83.7 Å². The summed E-state index contributed by atoms with van der Waals surface area (Å²) in [6.45, 7) is 4.07. The number of ether oxygens (including phenoxy) is 1. The molecule has 1 aromatic heterocycles. The zero-order chi connectivity index (χ0) is 24.7. The molecule has 1 N–H and O–H groups in total. The average Bonchev–Trinajstić information content (AvgIpc) is 3.49. The van der Waals surface area contributed by atoms with Gasteiger partial charge in [-0.3, -0.25) is 14.5 Å². The second kappa shape index (κ2) is 9.04. The van der Waals surface area contributed by atoms with Crippen LogP contribution in [-0.4, -0.2) is 23.9 Å². The van der Waals surface area contributed by atoms with Gasteiger partial charge < -0.3 is 9.84 Å². The van der Waals surface area contributed by atoms with Gasteiger partial charge in [-0.05, 0) is 52.6 Å². The third-order valence-corrected chi connectivity index (χ3v) is 7.33. The van der Waals surface area contributed by atoms with Crippen LogP contribution in [0.3, 0.4) is 0 Å². The predicted molar refractivity (Wildman–Crippen MR) is 140 cm³/mol. The highest BCUT2D eigenvalue weighted by atomic mass is 32.1. The lowest BCUT2D eigenvalue weighted by Gasteiger charge is -2.25. The van der Waals surface area contributed by atoms with E-state index in [2.05, 4.69) is 0 Å². The smallest absolute Gasteiger partial charge is 0.300 e. The largest absolute Gasteiger partial charge is 0.507 e. The van der Waals surface area contributed by atoms with E-state index in [1.54, 1.807) is 19.2 Å². The van der Waals surface area contributed by atoms with Crippen LogP contribution in [-0.2, 0) is 9.59 Å². The molecule has 5 rings (SSSR count). The Morgan fingerprint density at radius 3 is 2.49 bits per heavy atom. The quantitative estimate of drug-likeness (QED) is 0.196. The van der Waals surface area contributed by atoms with E-state index < -0.39 is 17.7 Å². The van der Waals surface area contributed by atoms with E-state index in [0.29, 0.717) is 17.0 Å². The number of Topliss-reactive ketones (excluding diaryl/α,β-unsaturated/α-hetero) is 1. The Balaban J connectivity index is 1.74. The van der Waals surface area contributed by atoms with E-state index in [1.807, 2.05) is 79.9 Å². The van der Waals surface area contributed by atoms with Crippen molar-refractivity contribution >= 4 is 45.2 Å². The Kier molecular flexibility index (Phi) is 5.91. The topological polar surface area (TPSA) is 66.8 Å². The van der Waals surface area contributed by atoms with Crippen LogP contribution in [0.1, 0.15) is 41.8 Å². The number of hydrogen-bond donors (Lipinski definition) is 1. The van der Waals surface area contributed by atoms with Gasteiger partial charge in [-0.15, -0.1) is 11.3 Å². The predicted octanol–water partition coefficient (Wildman–Crippen LogP) is 6.66. The molecule has 4 aromatic rings. The first-order valence-electron chi connectivity index (χ1n) is 11.4. The normalized spacial score (nSPS) is 17.5. The number of aliphatic hydroxyl groups excluding tert-OH is 1. The summed E-state index contributed by atoms with van der Waals surface area (Å²) < 4.78 is 5.48. The van der Waals surface area contributed by atoms with Gasteiger partial charge >= 0.3 is 0 Å². The van der Waals surface area contributed by atoms with Gasteiger partial charge in [-0.1, -0.05) is 56.3 Å². The highest BCUT2D eigenvalue weighted by molar-refractivity contribution is 7.10. The zero-order valence-electron chi connectivity index (χ0n) is 19.7. The van der Waals surface area contributed by atoms with Gasteiger partial charge in [0, 0.05) is 15.8 Å². The molecule has 2 heterocycles. The molecule has 0 saturated carbocycles. The second-order valence-corrected chi connectivity index (χ2v) is 9.77. The van der Waals surface area contributed by atoms with E-state index >= 15 is 0 Å². The van der Waals surface area contributed by atoms with Crippen molar-refractivity contribution in [3.8, 4) is 5.75 Å². The molecule has 176 valence electrons.